The monoisotopic (exact) mass is 704 g/mol. The summed E-state index contributed by atoms with van der Waals surface area (Å²) in [6, 6.07) is 21.6. The lowest BCUT2D eigenvalue weighted by Gasteiger charge is -2.37. The molecule has 0 radical (unpaired) electrons. The van der Waals surface area contributed by atoms with Crippen molar-refractivity contribution < 1.29 is 14.2 Å². The van der Waals surface area contributed by atoms with Crippen LogP contribution >= 0.6 is 23.2 Å². The van der Waals surface area contributed by atoms with E-state index in [0.29, 0.717) is 41.2 Å². The molecule has 0 saturated carbocycles. The van der Waals surface area contributed by atoms with Crippen LogP contribution in [0, 0.1) is 6.92 Å². The summed E-state index contributed by atoms with van der Waals surface area (Å²) in [6.07, 6.45) is 3.60. The highest BCUT2D eigenvalue weighted by Crippen LogP contribution is 2.40. The fourth-order valence-corrected chi connectivity index (χ4v) is 6.98. The fourth-order valence-electron chi connectivity index (χ4n) is 6.43. The zero-order valence-electron chi connectivity index (χ0n) is 27.4. The Morgan fingerprint density at radius 1 is 0.939 bits per heavy atom. The van der Waals surface area contributed by atoms with Crippen LogP contribution in [-0.4, -0.2) is 74.6 Å². The highest BCUT2D eigenvalue weighted by Gasteiger charge is 2.45. The number of nitrogens with zero attached hydrogens (tertiary/aromatic N) is 8. The minimum atomic E-state index is -1.16. The normalized spacial score (nSPS) is 19.5. The second-order valence-corrected chi connectivity index (χ2v) is 13.0. The number of hydrogen-bond acceptors (Lipinski definition) is 9. The van der Waals surface area contributed by atoms with E-state index in [1.165, 1.54) is 11.0 Å². The van der Waals surface area contributed by atoms with Crippen molar-refractivity contribution in [1.29, 1.82) is 0 Å². The van der Waals surface area contributed by atoms with Crippen molar-refractivity contribution in [2.45, 2.75) is 45.2 Å². The molecule has 2 atom stereocenters. The summed E-state index contributed by atoms with van der Waals surface area (Å²) in [5.41, 5.74) is 3.68. The summed E-state index contributed by atoms with van der Waals surface area (Å²) in [7, 11) is 0. The van der Waals surface area contributed by atoms with E-state index >= 15 is 0 Å². The molecule has 49 heavy (non-hydrogen) atoms. The lowest BCUT2D eigenvalue weighted by molar-refractivity contribution is -0.190. The topological polar surface area (TPSA) is 105 Å². The molecule has 5 aromatic rings. The van der Waals surface area contributed by atoms with Crippen LogP contribution in [0.3, 0.4) is 0 Å². The zero-order valence-corrected chi connectivity index (χ0v) is 28.9. The van der Waals surface area contributed by atoms with E-state index in [2.05, 4.69) is 49.2 Å². The van der Waals surface area contributed by atoms with Crippen molar-refractivity contribution in [3.05, 3.63) is 111 Å². The molecule has 7 rings (SSSR count). The third-order valence-electron chi connectivity index (χ3n) is 8.86. The first kappa shape index (κ1) is 33.2. The Kier molecular flexibility index (Phi) is 9.64. The summed E-state index contributed by atoms with van der Waals surface area (Å²) in [5, 5.41) is 9.62. The van der Waals surface area contributed by atoms with Gasteiger partial charge >= 0.3 is 5.69 Å². The first-order chi connectivity index (χ1) is 23.8. The molecule has 14 heteroatoms. The Bertz CT molecular complexity index is 1920. The molecule has 4 heterocycles. The van der Waals surface area contributed by atoms with Gasteiger partial charge in [-0.15, -0.1) is 0 Å². The average molecular weight is 706 g/mol. The average Bonchev–Trinajstić information content (AvgIpc) is 3.84. The van der Waals surface area contributed by atoms with Crippen LogP contribution in [-0.2, 0) is 28.4 Å². The standard InChI is InChI=1S/C35H38Cl2N8O4/c1-3-14-44-34(46)45(25(2)40-44)29-7-5-27(6-8-29)41-15-17-42(18-16-41)28-9-11-30(12-10-28)47-20-31-21-48-35(49-31,22-43-24-38-23-39-43)32-13-4-26(36)19-33(32)37/h4-13,19,23-24,31H,3,14-18,20-22H2,1-2H3. The molecule has 12 nitrogen and oxygen atoms in total. The molecule has 0 bridgehead atoms. The molecule has 256 valence electrons. The molecule has 0 N–H and O–H groups in total. The third kappa shape index (κ3) is 7.04. The van der Waals surface area contributed by atoms with Gasteiger partial charge in [-0.1, -0.05) is 36.2 Å². The summed E-state index contributed by atoms with van der Waals surface area (Å²) in [6.45, 7) is 8.96. The van der Waals surface area contributed by atoms with Crippen LogP contribution in [0.15, 0.2) is 84.2 Å². The highest BCUT2D eigenvalue weighted by molar-refractivity contribution is 6.35. The number of hydrogen-bond donors (Lipinski definition) is 0. The van der Waals surface area contributed by atoms with Gasteiger partial charge in [-0.3, -0.25) is 0 Å². The maximum Gasteiger partial charge on any atom is 0.350 e. The molecular formula is C35H38Cl2N8O4. The van der Waals surface area contributed by atoms with Gasteiger partial charge < -0.3 is 24.0 Å². The maximum absolute atomic E-state index is 12.8. The van der Waals surface area contributed by atoms with Gasteiger partial charge in [-0.25, -0.2) is 23.7 Å². The van der Waals surface area contributed by atoms with E-state index in [1.54, 1.807) is 27.7 Å². The lowest BCUT2D eigenvalue weighted by Crippen LogP contribution is -2.46. The molecule has 0 spiro atoms. The number of aromatic nitrogens is 6. The van der Waals surface area contributed by atoms with E-state index in [4.69, 9.17) is 37.4 Å². The fraction of sp³-hybridized carbons (Fsp3) is 0.371. The molecule has 3 aromatic carbocycles. The van der Waals surface area contributed by atoms with Gasteiger partial charge in [-0.05, 0) is 74.0 Å². The summed E-state index contributed by atoms with van der Waals surface area (Å²) in [5.74, 6) is 0.283. The third-order valence-corrected chi connectivity index (χ3v) is 9.41. The first-order valence-corrected chi connectivity index (χ1v) is 17.2. The molecule has 2 aliphatic heterocycles. The number of piperazine rings is 1. The highest BCUT2D eigenvalue weighted by atomic mass is 35.5. The van der Waals surface area contributed by atoms with E-state index in [9.17, 15) is 4.79 Å². The van der Waals surface area contributed by atoms with E-state index in [-0.39, 0.29) is 18.3 Å². The van der Waals surface area contributed by atoms with Gasteiger partial charge in [0.15, 0.2) is 0 Å². The van der Waals surface area contributed by atoms with Gasteiger partial charge in [0.25, 0.3) is 0 Å². The SMILES string of the molecule is CCCn1nc(C)n(-c2ccc(N3CCN(c4ccc(OCC5COC(Cn6cncn6)(c6ccc(Cl)cc6Cl)O5)cc4)CC3)cc2)c1=O. The predicted octanol–water partition coefficient (Wildman–Crippen LogP) is 5.32. The van der Waals surface area contributed by atoms with Gasteiger partial charge in [0.05, 0.1) is 17.3 Å². The van der Waals surface area contributed by atoms with E-state index < -0.39 is 5.79 Å². The summed E-state index contributed by atoms with van der Waals surface area (Å²) in [4.78, 5) is 21.6. The molecule has 2 aliphatic rings. The van der Waals surface area contributed by atoms with Gasteiger partial charge in [0.2, 0.25) is 5.79 Å². The van der Waals surface area contributed by atoms with Crippen molar-refractivity contribution in [2.24, 2.45) is 0 Å². The molecule has 2 fully saturated rings. The van der Waals surface area contributed by atoms with E-state index in [0.717, 1.165) is 55.4 Å². The van der Waals surface area contributed by atoms with Crippen LogP contribution in [0.25, 0.3) is 5.69 Å². The Balaban J connectivity index is 0.930. The number of ether oxygens (including phenoxy) is 3. The van der Waals surface area contributed by atoms with E-state index in [1.807, 2.05) is 44.2 Å². The van der Waals surface area contributed by atoms with Gasteiger partial charge in [0, 0.05) is 54.7 Å². The van der Waals surface area contributed by atoms with Crippen LogP contribution < -0.4 is 20.2 Å². The largest absolute Gasteiger partial charge is 0.491 e. The second-order valence-electron chi connectivity index (χ2n) is 12.2. The van der Waals surface area contributed by atoms with Crippen LogP contribution in [0.1, 0.15) is 24.7 Å². The second kappa shape index (κ2) is 14.2. The van der Waals surface area contributed by atoms with Gasteiger partial charge in [-0.2, -0.15) is 10.2 Å². The van der Waals surface area contributed by atoms with Crippen molar-refractivity contribution in [3.8, 4) is 11.4 Å². The van der Waals surface area contributed by atoms with Crippen LogP contribution in [0.5, 0.6) is 5.75 Å². The molecule has 2 unspecified atom stereocenters. The number of benzene rings is 3. The number of aryl methyl sites for hydroxylation is 2. The van der Waals surface area contributed by atoms with Crippen molar-refractivity contribution in [3.63, 3.8) is 0 Å². The van der Waals surface area contributed by atoms with Crippen molar-refractivity contribution >= 4 is 34.6 Å². The van der Waals surface area contributed by atoms with Crippen molar-refractivity contribution in [1.82, 2.24) is 29.1 Å². The Labute approximate surface area is 294 Å². The molecule has 2 saturated heterocycles. The summed E-state index contributed by atoms with van der Waals surface area (Å²) < 4.78 is 23.7. The Morgan fingerprint density at radius 3 is 2.24 bits per heavy atom. The van der Waals surface area contributed by atoms with Crippen LogP contribution in [0.2, 0.25) is 10.0 Å². The molecule has 2 aromatic heterocycles. The first-order valence-electron chi connectivity index (χ1n) is 16.4. The Morgan fingerprint density at radius 2 is 1.61 bits per heavy atom. The zero-order chi connectivity index (χ0) is 34.0. The predicted molar refractivity (Wildman–Crippen MR) is 188 cm³/mol. The smallest absolute Gasteiger partial charge is 0.350 e. The van der Waals surface area contributed by atoms with Crippen LogP contribution in [0.4, 0.5) is 11.4 Å². The van der Waals surface area contributed by atoms with Gasteiger partial charge in [0.1, 0.15) is 43.5 Å². The lowest BCUT2D eigenvalue weighted by atomic mass is 10.1. The Hall–Kier alpha value is -4.36. The molecular weight excluding hydrogens is 667 g/mol. The number of halogens is 2. The molecule has 0 amide bonds. The molecule has 0 aliphatic carbocycles. The summed E-state index contributed by atoms with van der Waals surface area (Å²) >= 11 is 12.7. The number of rotatable bonds is 11. The number of anilines is 2. The minimum absolute atomic E-state index is 0.0982. The maximum atomic E-state index is 12.8. The minimum Gasteiger partial charge on any atom is -0.491 e. The van der Waals surface area contributed by atoms with Crippen molar-refractivity contribution in [2.75, 3.05) is 49.2 Å². The quantitative estimate of drug-likeness (QED) is 0.181.